The van der Waals surface area contributed by atoms with Crippen molar-refractivity contribution in [1.29, 1.82) is 0 Å². The first-order valence-electron chi connectivity index (χ1n) is 12.6. The fourth-order valence-electron chi connectivity index (χ4n) is 9.14. The van der Waals surface area contributed by atoms with Gasteiger partial charge in [0, 0.05) is 38.0 Å². The Hall–Kier alpha value is 1.12. The van der Waals surface area contributed by atoms with E-state index in [4.69, 9.17) is 0 Å². The standard InChI is InChI=1S/C26H46N2.2HI/c1-25-14-12-21(28(5)17-6-7-18-28)19-20(25)10-11-22-23(25)13-15-26(2)24(22)9-8-16-27(26,3)4;;/h10,21-24H,6-9,11-19H2,1-5H3;2*1H/q+2;;/p-2. The van der Waals surface area contributed by atoms with E-state index in [1.807, 2.05) is 5.57 Å². The summed E-state index contributed by atoms with van der Waals surface area (Å²) >= 11 is 0. The first kappa shape index (κ1) is 25.7. The SMILES string of the molecule is CC12CCC([N+]3(C)CCCC3)CC1=CCC1C2CCC2(C)C1CCC[N+]2(C)C.[I-].[I-]. The van der Waals surface area contributed by atoms with Gasteiger partial charge in [-0.3, -0.25) is 0 Å². The van der Waals surface area contributed by atoms with E-state index in [2.05, 4.69) is 41.1 Å². The summed E-state index contributed by atoms with van der Waals surface area (Å²) in [6.45, 7) is 9.62. The molecule has 6 atom stereocenters. The van der Waals surface area contributed by atoms with Crippen molar-refractivity contribution in [3.8, 4) is 0 Å². The van der Waals surface area contributed by atoms with E-state index in [-0.39, 0.29) is 48.0 Å². The second-order valence-electron chi connectivity index (χ2n) is 12.7. The van der Waals surface area contributed by atoms with E-state index in [9.17, 15) is 0 Å². The number of allylic oxidation sites excluding steroid dienone is 1. The Labute approximate surface area is 220 Å². The van der Waals surface area contributed by atoms with Gasteiger partial charge in [0.1, 0.15) is 0 Å². The van der Waals surface area contributed by atoms with Gasteiger partial charge in [0.15, 0.2) is 0 Å². The molecule has 4 fully saturated rings. The monoisotopic (exact) mass is 640 g/mol. The fraction of sp³-hybridized carbons (Fsp3) is 0.923. The van der Waals surface area contributed by atoms with Crippen molar-refractivity contribution in [2.45, 2.75) is 89.6 Å². The summed E-state index contributed by atoms with van der Waals surface area (Å²) in [5.74, 6) is 2.87. The molecular formula is C26H46I2N2. The summed E-state index contributed by atoms with van der Waals surface area (Å²) in [6.07, 6.45) is 17.4. The van der Waals surface area contributed by atoms with Crippen LogP contribution in [-0.4, -0.2) is 61.3 Å². The predicted molar refractivity (Wildman–Crippen MR) is 118 cm³/mol. The number of hydrogen-bond acceptors (Lipinski definition) is 0. The van der Waals surface area contributed by atoms with Gasteiger partial charge in [0.2, 0.25) is 0 Å². The Morgan fingerprint density at radius 2 is 1.53 bits per heavy atom. The quantitative estimate of drug-likeness (QED) is 0.204. The number of likely N-dealkylation sites (tertiary alicyclic amines) is 2. The molecule has 4 heteroatoms. The summed E-state index contributed by atoms with van der Waals surface area (Å²) < 4.78 is 2.65. The maximum atomic E-state index is 2.79. The fourth-order valence-corrected chi connectivity index (χ4v) is 9.14. The van der Waals surface area contributed by atoms with Crippen LogP contribution in [0.25, 0.3) is 0 Å². The third-order valence-electron chi connectivity index (χ3n) is 11.5. The molecule has 2 heterocycles. The van der Waals surface area contributed by atoms with Crippen LogP contribution >= 0.6 is 0 Å². The average Bonchev–Trinajstić information content (AvgIpc) is 3.09. The van der Waals surface area contributed by atoms with Gasteiger partial charge in [-0.25, -0.2) is 0 Å². The Balaban J connectivity index is 0.00000128. The molecule has 0 bridgehead atoms. The minimum absolute atomic E-state index is 0. The number of rotatable bonds is 1. The number of nitrogens with zero attached hydrogens (tertiary/aromatic N) is 2. The third-order valence-corrected chi connectivity index (χ3v) is 11.5. The minimum Gasteiger partial charge on any atom is -1.00 e. The highest BCUT2D eigenvalue weighted by molar-refractivity contribution is 5.25. The number of hydrogen-bond donors (Lipinski definition) is 0. The molecule has 0 aromatic rings. The number of halogens is 2. The van der Waals surface area contributed by atoms with Gasteiger partial charge in [0.25, 0.3) is 0 Å². The third kappa shape index (κ3) is 3.68. The zero-order valence-electron chi connectivity index (χ0n) is 20.2. The highest BCUT2D eigenvalue weighted by atomic mass is 127. The zero-order valence-corrected chi connectivity index (χ0v) is 24.5. The van der Waals surface area contributed by atoms with Gasteiger partial charge in [0.05, 0.1) is 52.4 Å². The Morgan fingerprint density at radius 3 is 2.23 bits per heavy atom. The maximum absolute atomic E-state index is 2.79. The van der Waals surface area contributed by atoms with Crippen LogP contribution < -0.4 is 48.0 Å². The van der Waals surface area contributed by atoms with E-state index < -0.39 is 0 Å². The van der Waals surface area contributed by atoms with Crippen LogP contribution in [0, 0.1) is 23.2 Å². The van der Waals surface area contributed by atoms with Crippen molar-refractivity contribution in [3.05, 3.63) is 11.6 Å². The molecule has 2 saturated carbocycles. The molecule has 2 saturated heterocycles. The van der Waals surface area contributed by atoms with Crippen molar-refractivity contribution in [1.82, 2.24) is 0 Å². The van der Waals surface area contributed by atoms with Gasteiger partial charge < -0.3 is 56.9 Å². The smallest absolute Gasteiger partial charge is 0.0991 e. The molecule has 174 valence electrons. The van der Waals surface area contributed by atoms with Crippen LogP contribution in [0.1, 0.15) is 78.1 Å². The van der Waals surface area contributed by atoms with E-state index in [1.165, 1.54) is 92.8 Å². The molecule has 6 unspecified atom stereocenters. The molecule has 0 aromatic heterocycles. The molecule has 0 aromatic carbocycles. The van der Waals surface area contributed by atoms with Crippen LogP contribution in [0.3, 0.4) is 0 Å². The molecule has 2 aliphatic heterocycles. The lowest BCUT2D eigenvalue weighted by molar-refractivity contribution is -0.952. The van der Waals surface area contributed by atoms with Crippen molar-refractivity contribution in [2.75, 3.05) is 40.8 Å². The Bertz CT molecular complexity index is 668. The van der Waals surface area contributed by atoms with E-state index in [1.54, 1.807) is 0 Å². The van der Waals surface area contributed by atoms with E-state index >= 15 is 0 Å². The molecule has 2 nitrogen and oxygen atoms in total. The summed E-state index contributed by atoms with van der Waals surface area (Å²) in [6, 6.07) is 0.914. The number of fused-ring (bicyclic) bond motifs is 5. The molecule has 0 spiro atoms. The van der Waals surface area contributed by atoms with Crippen LogP contribution in [-0.2, 0) is 0 Å². The normalized spacial score (nSPS) is 46.2. The average molecular weight is 640 g/mol. The van der Waals surface area contributed by atoms with Crippen LogP contribution in [0.15, 0.2) is 11.6 Å². The second kappa shape index (κ2) is 8.72. The summed E-state index contributed by atoms with van der Waals surface area (Å²) in [5, 5.41) is 0. The topological polar surface area (TPSA) is 0 Å². The lowest BCUT2D eigenvalue weighted by Gasteiger charge is -2.64. The first-order valence-corrected chi connectivity index (χ1v) is 12.6. The van der Waals surface area contributed by atoms with Gasteiger partial charge in [-0.1, -0.05) is 18.6 Å². The molecule has 3 aliphatic carbocycles. The number of piperidine rings is 1. The second-order valence-corrected chi connectivity index (χ2v) is 12.7. The highest BCUT2D eigenvalue weighted by Crippen LogP contribution is 2.62. The van der Waals surface area contributed by atoms with Gasteiger partial charge in [-0.15, -0.1) is 0 Å². The largest absolute Gasteiger partial charge is 1.00 e. The molecule has 0 N–H and O–H groups in total. The molecule has 30 heavy (non-hydrogen) atoms. The van der Waals surface area contributed by atoms with Crippen LogP contribution in [0.5, 0.6) is 0 Å². The lowest BCUT2D eigenvalue weighted by Crippen LogP contribution is -3.00. The maximum Gasteiger partial charge on any atom is 0.0991 e. The van der Waals surface area contributed by atoms with Gasteiger partial charge in [-0.2, -0.15) is 0 Å². The first-order chi connectivity index (χ1) is 13.2. The molecule has 5 aliphatic rings. The molecule has 0 amide bonds. The Morgan fingerprint density at radius 1 is 0.833 bits per heavy atom. The van der Waals surface area contributed by atoms with E-state index in [0.29, 0.717) is 11.0 Å². The predicted octanol–water partition coefficient (Wildman–Crippen LogP) is -0.605. The van der Waals surface area contributed by atoms with E-state index in [0.717, 1.165) is 23.8 Å². The van der Waals surface area contributed by atoms with Crippen LogP contribution in [0.2, 0.25) is 0 Å². The number of quaternary nitrogens is 2. The van der Waals surface area contributed by atoms with Gasteiger partial charge >= 0.3 is 0 Å². The lowest BCUT2D eigenvalue weighted by atomic mass is 9.47. The molecule has 5 rings (SSSR count). The zero-order chi connectivity index (χ0) is 19.8. The summed E-state index contributed by atoms with van der Waals surface area (Å²) in [5.41, 5.74) is 2.94. The molecular weight excluding hydrogens is 594 g/mol. The van der Waals surface area contributed by atoms with Gasteiger partial charge in [-0.05, 0) is 56.3 Å². The Kier molecular flexibility index (Phi) is 7.48. The van der Waals surface area contributed by atoms with Crippen molar-refractivity contribution in [3.63, 3.8) is 0 Å². The van der Waals surface area contributed by atoms with Crippen molar-refractivity contribution in [2.24, 2.45) is 23.2 Å². The summed E-state index contributed by atoms with van der Waals surface area (Å²) in [7, 11) is 7.63. The van der Waals surface area contributed by atoms with Crippen LogP contribution in [0.4, 0.5) is 0 Å². The van der Waals surface area contributed by atoms with Crippen molar-refractivity contribution >= 4 is 0 Å². The highest BCUT2D eigenvalue weighted by Gasteiger charge is 2.61. The summed E-state index contributed by atoms with van der Waals surface area (Å²) in [4.78, 5) is 0. The molecule has 0 radical (unpaired) electrons. The van der Waals surface area contributed by atoms with Crippen molar-refractivity contribution < 1.29 is 56.9 Å². The minimum atomic E-state index is 0.